The minimum absolute atomic E-state index is 0.0500. The molecule has 126 valence electrons. The first-order valence-corrected chi connectivity index (χ1v) is 7.73. The topological polar surface area (TPSA) is 70.8 Å². The Morgan fingerprint density at radius 1 is 1.32 bits per heavy atom. The van der Waals surface area contributed by atoms with Crippen molar-refractivity contribution in [3.63, 3.8) is 0 Å². The SMILES string of the molecule is CCN(CC(F)(F)F)C(=O)c1cc(S(=O)(=O)N(C)C)oc1C. The number of aryl methyl sites for hydroxylation is 1. The quantitative estimate of drug-likeness (QED) is 0.819. The van der Waals surface area contributed by atoms with E-state index in [1.807, 2.05) is 0 Å². The molecule has 0 aliphatic heterocycles. The summed E-state index contributed by atoms with van der Waals surface area (Å²) in [6, 6.07) is 0.950. The molecule has 1 heterocycles. The lowest BCUT2D eigenvalue weighted by atomic mass is 10.2. The van der Waals surface area contributed by atoms with Crippen molar-refractivity contribution in [3.8, 4) is 0 Å². The molecule has 22 heavy (non-hydrogen) atoms. The monoisotopic (exact) mass is 342 g/mol. The van der Waals surface area contributed by atoms with Gasteiger partial charge in [0, 0.05) is 26.7 Å². The fourth-order valence-corrected chi connectivity index (χ4v) is 2.55. The second-order valence-corrected chi connectivity index (χ2v) is 6.84. The van der Waals surface area contributed by atoms with Gasteiger partial charge in [0.1, 0.15) is 12.3 Å². The van der Waals surface area contributed by atoms with E-state index in [2.05, 4.69) is 0 Å². The molecule has 1 rings (SSSR count). The Hall–Kier alpha value is -1.55. The fraction of sp³-hybridized carbons (Fsp3) is 0.583. The highest BCUT2D eigenvalue weighted by Gasteiger charge is 2.34. The van der Waals surface area contributed by atoms with E-state index in [-0.39, 0.29) is 17.9 Å². The third-order valence-electron chi connectivity index (χ3n) is 2.90. The van der Waals surface area contributed by atoms with Gasteiger partial charge in [-0.15, -0.1) is 0 Å². The lowest BCUT2D eigenvalue weighted by molar-refractivity contribution is -0.140. The summed E-state index contributed by atoms with van der Waals surface area (Å²) in [5.74, 6) is -0.979. The number of alkyl halides is 3. The Bertz CT molecular complexity index is 650. The van der Waals surface area contributed by atoms with Crippen LogP contribution in [-0.2, 0) is 10.0 Å². The molecule has 1 amide bonds. The van der Waals surface area contributed by atoms with Crippen LogP contribution >= 0.6 is 0 Å². The average molecular weight is 342 g/mol. The van der Waals surface area contributed by atoms with Crippen molar-refractivity contribution in [2.75, 3.05) is 27.2 Å². The molecule has 0 N–H and O–H groups in total. The number of sulfonamides is 1. The first-order valence-electron chi connectivity index (χ1n) is 6.29. The summed E-state index contributed by atoms with van der Waals surface area (Å²) in [7, 11) is -1.36. The minimum atomic E-state index is -4.54. The van der Waals surface area contributed by atoms with E-state index in [0.29, 0.717) is 4.90 Å². The van der Waals surface area contributed by atoms with Gasteiger partial charge in [0.25, 0.3) is 15.9 Å². The zero-order chi connectivity index (χ0) is 17.3. The molecule has 6 nitrogen and oxygen atoms in total. The highest BCUT2D eigenvalue weighted by Crippen LogP contribution is 2.24. The second kappa shape index (κ2) is 6.29. The maximum absolute atomic E-state index is 12.4. The average Bonchev–Trinajstić information content (AvgIpc) is 2.76. The van der Waals surface area contributed by atoms with E-state index in [4.69, 9.17) is 4.42 Å². The van der Waals surface area contributed by atoms with Gasteiger partial charge < -0.3 is 9.32 Å². The zero-order valence-corrected chi connectivity index (χ0v) is 13.4. The highest BCUT2D eigenvalue weighted by atomic mass is 32.2. The molecule has 0 bridgehead atoms. The van der Waals surface area contributed by atoms with Gasteiger partial charge in [-0.05, 0) is 13.8 Å². The van der Waals surface area contributed by atoms with Crippen LogP contribution in [0.25, 0.3) is 0 Å². The summed E-state index contributed by atoms with van der Waals surface area (Å²) in [4.78, 5) is 12.7. The number of hydrogen-bond acceptors (Lipinski definition) is 4. The fourth-order valence-electron chi connectivity index (χ4n) is 1.69. The molecule has 0 unspecified atom stereocenters. The van der Waals surface area contributed by atoms with Gasteiger partial charge in [0.15, 0.2) is 0 Å². The van der Waals surface area contributed by atoms with Gasteiger partial charge in [0.05, 0.1) is 5.56 Å². The van der Waals surface area contributed by atoms with Crippen LogP contribution in [0.4, 0.5) is 13.2 Å². The van der Waals surface area contributed by atoms with Gasteiger partial charge in [-0.3, -0.25) is 4.79 Å². The van der Waals surface area contributed by atoms with Crippen LogP contribution in [0.3, 0.4) is 0 Å². The van der Waals surface area contributed by atoms with Crippen molar-refractivity contribution in [2.45, 2.75) is 25.1 Å². The van der Waals surface area contributed by atoms with Crippen LogP contribution in [-0.4, -0.2) is 56.9 Å². The van der Waals surface area contributed by atoms with Crippen molar-refractivity contribution < 1.29 is 30.8 Å². The van der Waals surface area contributed by atoms with E-state index >= 15 is 0 Å². The van der Waals surface area contributed by atoms with Gasteiger partial charge in [0.2, 0.25) is 5.09 Å². The summed E-state index contributed by atoms with van der Waals surface area (Å²) in [6.07, 6.45) is -4.54. The molecule has 1 aromatic rings. The summed E-state index contributed by atoms with van der Waals surface area (Å²) in [5.41, 5.74) is -0.202. The summed E-state index contributed by atoms with van der Waals surface area (Å²) in [6.45, 7) is 1.14. The Morgan fingerprint density at radius 3 is 2.27 bits per heavy atom. The van der Waals surface area contributed by atoms with Crippen LogP contribution in [0.2, 0.25) is 0 Å². The smallest absolute Gasteiger partial charge is 0.406 e. The van der Waals surface area contributed by atoms with Crippen molar-refractivity contribution in [1.82, 2.24) is 9.21 Å². The number of carbonyl (C=O) groups excluding carboxylic acids is 1. The molecular formula is C12H17F3N2O4S. The van der Waals surface area contributed by atoms with Crippen LogP contribution < -0.4 is 0 Å². The number of rotatable bonds is 5. The third kappa shape index (κ3) is 4.01. The summed E-state index contributed by atoms with van der Waals surface area (Å²) >= 11 is 0. The Labute approximate surface area is 126 Å². The van der Waals surface area contributed by atoms with Crippen LogP contribution in [0.5, 0.6) is 0 Å². The predicted octanol–water partition coefficient (Wildman–Crippen LogP) is 1.86. The van der Waals surface area contributed by atoms with E-state index in [0.717, 1.165) is 10.4 Å². The number of nitrogens with zero attached hydrogens (tertiary/aromatic N) is 2. The number of furan rings is 1. The zero-order valence-electron chi connectivity index (χ0n) is 12.6. The lowest BCUT2D eigenvalue weighted by Gasteiger charge is -2.21. The van der Waals surface area contributed by atoms with E-state index in [1.165, 1.54) is 27.9 Å². The van der Waals surface area contributed by atoms with E-state index in [9.17, 15) is 26.4 Å². The predicted molar refractivity (Wildman–Crippen MR) is 72.0 cm³/mol. The lowest BCUT2D eigenvalue weighted by Crippen LogP contribution is -2.38. The maximum Gasteiger partial charge on any atom is 0.406 e. The van der Waals surface area contributed by atoms with E-state index in [1.54, 1.807) is 0 Å². The molecule has 0 aromatic carbocycles. The summed E-state index contributed by atoms with van der Waals surface area (Å²) in [5, 5.41) is -0.485. The van der Waals surface area contributed by atoms with Crippen molar-refractivity contribution in [2.24, 2.45) is 0 Å². The highest BCUT2D eigenvalue weighted by molar-refractivity contribution is 7.88. The van der Waals surface area contributed by atoms with Gasteiger partial charge in [-0.25, -0.2) is 12.7 Å². The normalized spacial score (nSPS) is 12.7. The van der Waals surface area contributed by atoms with Crippen LogP contribution in [0.1, 0.15) is 23.0 Å². The Kier molecular flexibility index (Phi) is 5.29. The third-order valence-corrected chi connectivity index (χ3v) is 4.57. The molecule has 1 aromatic heterocycles. The molecule has 0 radical (unpaired) electrons. The molecule has 0 saturated carbocycles. The number of halogens is 3. The molecule has 0 aliphatic rings. The molecular weight excluding hydrogens is 325 g/mol. The van der Waals surface area contributed by atoms with Crippen molar-refractivity contribution in [3.05, 3.63) is 17.4 Å². The van der Waals surface area contributed by atoms with Crippen molar-refractivity contribution in [1.29, 1.82) is 0 Å². The van der Waals surface area contributed by atoms with Crippen LogP contribution in [0, 0.1) is 6.92 Å². The maximum atomic E-state index is 12.4. The number of hydrogen-bond donors (Lipinski definition) is 0. The van der Waals surface area contributed by atoms with Crippen LogP contribution in [0.15, 0.2) is 15.6 Å². The van der Waals surface area contributed by atoms with Gasteiger partial charge in [-0.2, -0.15) is 13.2 Å². The van der Waals surface area contributed by atoms with Gasteiger partial charge in [-0.1, -0.05) is 0 Å². The number of amides is 1. The minimum Gasteiger partial charge on any atom is -0.448 e. The van der Waals surface area contributed by atoms with Gasteiger partial charge >= 0.3 is 6.18 Å². The number of carbonyl (C=O) groups is 1. The molecule has 0 spiro atoms. The molecule has 0 saturated heterocycles. The first kappa shape index (κ1) is 18.5. The van der Waals surface area contributed by atoms with Crippen molar-refractivity contribution >= 4 is 15.9 Å². The second-order valence-electron chi connectivity index (χ2n) is 4.76. The molecule has 0 atom stereocenters. The Morgan fingerprint density at radius 2 is 1.86 bits per heavy atom. The largest absolute Gasteiger partial charge is 0.448 e. The molecule has 0 aliphatic carbocycles. The molecule has 10 heteroatoms. The standard InChI is InChI=1S/C12H17F3N2O4S/c1-5-17(7-12(13,14)15)11(18)9-6-10(21-8(9)2)22(19,20)16(3)4/h6H,5,7H2,1-4H3. The summed E-state index contributed by atoms with van der Waals surface area (Å²) < 4.78 is 67.1. The molecule has 0 fully saturated rings. The Balaban J connectivity index is 3.17. The van der Waals surface area contributed by atoms with E-state index < -0.39 is 33.7 Å². The first-order chi connectivity index (χ1) is 9.90.